The average molecular weight is 668 g/mol. The number of carbonyl (C=O) groups excluding carboxylic acids is 3. The standard InChI is InChI=1S/C39H45N3O5S/c1-27(2)21-33(40-36(43)23-28-11-9-16-31(22-28)38(45)30-13-5-4-6-14-30)25-42(26-37(44)41-35(39(46)47)19-20-48-3)24-32-17-10-15-29-12-7-8-18-34(29)32/h4-18,22,27,33,35H,19-21,23-26H2,1-3H3,(H,40,43)(H,41,44)(H,46,47)/t33-,35-/m0/s1. The molecular formula is C39H45N3O5S. The largest absolute Gasteiger partial charge is 0.480 e. The Morgan fingerprint density at radius 3 is 2.23 bits per heavy atom. The number of fused-ring (bicyclic) bond motifs is 1. The van der Waals surface area contributed by atoms with Crippen LogP contribution in [0.2, 0.25) is 0 Å². The minimum Gasteiger partial charge on any atom is -0.480 e. The number of amides is 2. The van der Waals surface area contributed by atoms with Crippen molar-refractivity contribution in [3.05, 3.63) is 119 Å². The van der Waals surface area contributed by atoms with E-state index in [9.17, 15) is 24.3 Å². The number of hydrogen-bond donors (Lipinski definition) is 3. The van der Waals surface area contributed by atoms with Crippen LogP contribution in [0, 0.1) is 5.92 Å². The van der Waals surface area contributed by atoms with Crippen LogP contribution >= 0.6 is 11.8 Å². The second-order valence-electron chi connectivity index (χ2n) is 12.5. The number of benzene rings is 4. The Kier molecular flexibility index (Phi) is 13.8. The van der Waals surface area contributed by atoms with E-state index in [4.69, 9.17) is 0 Å². The van der Waals surface area contributed by atoms with Crippen LogP contribution in [0.1, 0.15) is 53.7 Å². The minimum absolute atomic E-state index is 0.0274. The second-order valence-corrected chi connectivity index (χ2v) is 13.5. The fourth-order valence-electron chi connectivity index (χ4n) is 5.90. The first-order chi connectivity index (χ1) is 23.1. The van der Waals surface area contributed by atoms with Crippen LogP contribution in [-0.2, 0) is 27.3 Å². The van der Waals surface area contributed by atoms with Gasteiger partial charge < -0.3 is 15.7 Å². The molecule has 0 aliphatic carbocycles. The highest BCUT2D eigenvalue weighted by molar-refractivity contribution is 7.98. The van der Waals surface area contributed by atoms with Crippen LogP contribution in [0.5, 0.6) is 0 Å². The molecule has 0 fully saturated rings. The summed E-state index contributed by atoms with van der Waals surface area (Å²) in [4.78, 5) is 53.6. The number of nitrogens with one attached hydrogen (secondary N) is 2. The summed E-state index contributed by atoms with van der Waals surface area (Å²) in [5.41, 5.74) is 2.88. The number of carbonyl (C=O) groups is 4. The van der Waals surface area contributed by atoms with Gasteiger partial charge in [0.1, 0.15) is 6.04 Å². The Morgan fingerprint density at radius 2 is 1.50 bits per heavy atom. The molecule has 0 aliphatic heterocycles. The number of carboxylic acids is 1. The molecule has 4 aromatic rings. The van der Waals surface area contributed by atoms with Gasteiger partial charge in [0, 0.05) is 30.3 Å². The topological polar surface area (TPSA) is 116 Å². The van der Waals surface area contributed by atoms with Crippen molar-refractivity contribution < 1.29 is 24.3 Å². The lowest BCUT2D eigenvalue weighted by Crippen LogP contribution is -2.49. The molecule has 9 heteroatoms. The van der Waals surface area contributed by atoms with Crippen molar-refractivity contribution in [2.24, 2.45) is 5.92 Å². The molecule has 252 valence electrons. The van der Waals surface area contributed by atoms with E-state index < -0.39 is 12.0 Å². The predicted octanol–water partition coefficient (Wildman–Crippen LogP) is 5.97. The molecule has 0 spiro atoms. The number of aliphatic carboxylic acids is 1. The van der Waals surface area contributed by atoms with Crippen LogP contribution in [-0.4, -0.2) is 70.8 Å². The van der Waals surface area contributed by atoms with Gasteiger partial charge in [0.15, 0.2) is 5.78 Å². The van der Waals surface area contributed by atoms with Gasteiger partial charge in [0.2, 0.25) is 11.8 Å². The lowest BCUT2D eigenvalue weighted by molar-refractivity contribution is -0.142. The van der Waals surface area contributed by atoms with Crippen molar-refractivity contribution in [1.29, 1.82) is 0 Å². The third-order valence-corrected chi connectivity index (χ3v) is 8.72. The highest BCUT2D eigenvalue weighted by Crippen LogP contribution is 2.21. The molecule has 0 saturated heterocycles. The molecule has 0 radical (unpaired) electrons. The Bertz CT molecular complexity index is 1690. The van der Waals surface area contributed by atoms with Crippen molar-refractivity contribution in [3.63, 3.8) is 0 Å². The Labute approximate surface area is 287 Å². The summed E-state index contributed by atoms with van der Waals surface area (Å²) in [5.74, 6) is -0.837. The van der Waals surface area contributed by atoms with Gasteiger partial charge in [-0.2, -0.15) is 11.8 Å². The van der Waals surface area contributed by atoms with E-state index in [1.54, 1.807) is 30.3 Å². The highest BCUT2D eigenvalue weighted by atomic mass is 32.2. The van der Waals surface area contributed by atoms with Crippen LogP contribution < -0.4 is 10.6 Å². The summed E-state index contributed by atoms with van der Waals surface area (Å²) in [6, 6.07) is 29.1. The minimum atomic E-state index is -1.06. The Morgan fingerprint density at radius 1 is 0.812 bits per heavy atom. The van der Waals surface area contributed by atoms with E-state index in [0.29, 0.717) is 42.8 Å². The quantitative estimate of drug-likeness (QED) is 0.112. The first-order valence-corrected chi connectivity index (χ1v) is 17.7. The van der Waals surface area contributed by atoms with Gasteiger partial charge in [0.05, 0.1) is 13.0 Å². The van der Waals surface area contributed by atoms with Gasteiger partial charge in [0.25, 0.3) is 0 Å². The zero-order valence-corrected chi connectivity index (χ0v) is 28.7. The molecule has 8 nitrogen and oxygen atoms in total. The molecule has 0 bridgehead atoms. The molecule has 2 amide bonds. The van der Waals surface area contributed by atoms with Crippen molar-refractivity contribution in [2.45, 2.75) is 51.7 Å². The highest BCUT2D eigenvalue weighted by Gasteiger charge is 2.24. The number of thioether (sulfide) groups is 1. The molecular weight excluding hydrogens is 623 g/mol. The summed E-state index contributed by atoms with van der Waals surface area (Å²) in [7, 11) is 0. The molecule has 2 atom stereocenters. The van der Waals surface area contributed by atoms with E-state index in [1.807, 2.05) is 71.8 Å². The maximum absolute atomic E-state index is 13.5. The summed E-state index contributed by atoms with van der Waals surface area (Å²) in [5, 5.41) is 17.8. The smallest absolute Gasteiger partial charge is 0.326 e. The van der Waals surface area contributed by atoms with Crippen LogP contribution in [0.25, 0.3) is 10.8 Å². The SMILES string of the molecule is CSCC[C@H](NC(=O)CN(Cc1cccc2ccccc12)C[C@H](CC(C)C)NC(=O)Cc1cccc(C(=O)c2ccccc2)c1)C(=O)O. The number of carboxylic acid groups (broad SMARTS) is 1. The average Bonchev–Trinajstić information content (AvgIpc) is 3.06. The Hall–Kier alpha value is -4.47. The van der Waals surface area contributed by atoms with Gasteiger partial charge in [-0.3, -0.25) is 19.3 Å². The van der Waals surface area contributed by atoms with E-state index >= 15 is 0 Å². The molecule has 0 unspecified atom stereocenters. The molecule has 0 aromatic heterocycles. The molecule has 0 aliphatic rings. The van der Waals surface area contributed by atoms with Crippen molar-refractivity contribution in [1.82, 2.24) is 15.5 Å². The van der Waals surface area contributed by atoms with Crippen molar-refractivity contribution in [2.75, 3.05) is 25.1 Å². The van der Waals surface area contributed by atoms with Crippen LogP contribution in [0.15, 0.2) is 97.1 Å². The normalized spacial score (nSPS) is 12.5. The molecule has 3 N–H and O–H groups in total. The third-order valence-electron chi connectivity index (χ3n) is 8.07. The summed E-state index contributed by atoms with van der Waals surface area (Å²) < 4.78 is 0. The van der Waals surface area contributed by atoms with Crippen molar-refractivity contribution in [3.8, 4) is 0 Å². The zero-order chi connectivity index (χ0) is 34.5. The zero-order valence-electron chi connectivity index (χ0n) is 27.9. The van der Waals surface area contributed by atoms with Gasteiger partial charge >= 0.3 is 5.97 Å². The summed E-state index contributed by atoms with van der Waals surface area (Å²) >= 11 is 1.53. The molecule has 0 saturated carbocycles. The van der Waals surface area contributed by atoms with E-state index in [-0.39, 0.29) is 42.5 Å². The first kappa shape index (κ1) is 36.4. The summed E-state index contributed by atoms with van der Waals surface area (Å²) in [6.45, 7) is 4.97. The molecule has 4 aromatic carbocycles. The molecule has 48 heavy (non-hydrogen) atoms. The maximum Gasteiger partial charge on any atom is 0.326 e. The maximum atomic E-state index is 13.5. The number of ketones is 1. The predicted molar refractivity (Wildman–Crippen MR) is 193 cm³/mol. The monoisotopic (exact) mass is 667 g/mol. The number of rotatable bonds is 18. The fourth-order valence-corrected chi connectivity index (χ4v) is 6.37. The van der Waals surface area contributed by atoms with Crippen molar-refractivity contribution >= 4 is 46.1 Å². The van der Waals surface area contributed by atoms with Gasteiger partial charge in [-0.15, -0.1) is 0 Å². The molecule has 4 rings (SSSR count). The number of hydrogen-bond acceptors (Lipinski definition) is 6. The third kappa shape index (κ3) is 11.1. The lowest BCUT2D eigenvalue weighted by atomic mass is 9.99. The summed E-state index contributed by atoms with van der Waals surface area (Å²) in [6.07, 6.45) is 3.01. The first-order valence-electron chi connectivity index (χ1n) is 16.3. The fraction of sp³-hybridized carbons (Fsp3) is 0.333. The van der Waals surface area contributed by atoms with Crippen LogP contribution in [0.3, 0.4) is 0 Å². The number of nitrogens with zero attached hydrogens (tertiary/aromatic N) is 1. The van der Waals surface area contributed by atoms with Gasteiger partial charge in [-0.25, -0.2) is 4.79 Å². The van der Waals surface area contributed by atoms with E-state index in [0.717, 1.165) is 21.9 Å². The Balaban J connectivity index is 1.52. The van der Waals surface area contributed by atoms with Gasteiger partial charge in [-0.1, -0.05) is 105 Å². The lowest BCUT2D eigenvalue weighted by Gasteiger charge is -2.30. The van der Waals surface area contributed by atoms with Gasteiger partial charge in [-0.05, 0) is 58.7 Å². The second kappa shape index (κ2) is 18.2. The van der Waals surface area contributed by atoms with E-state index in [1.165, 1.54) is 11.8 Å². The van der Waals surface area contributed by atoms with E-state index in [2.05, 4.69) is 30.5 Å². The molecule has 0 heterocycles. The van der Waals surface area contributed by atoms with Crippen LogP contribution in [0.4, 0.5) is 0 Å².